The van der Waals surface area contributed by atoms with Gasteiger partial charge in [0.2, 0.25) is 5.91 Å². The number of aryl methyl sites for hydroxylation is 1. The summed E-state index contributed by atoms with van der Waals surface area (Å²) in [5.41, 5.74) is 2.72. The van der Waals surface area contributed by atoms with E-state index in [9.17, 15) is 9.18 Å². The molecule has 0 bridgehead atoms. The summed E-state index contributed by atoms with van der Waals surface area (Å²) in [5.74, 6) is 0.865. The SMILES string of the molecule is Cc1nonc1CC(=O)N1CCC(c2nc3ccc(F)cc3[nH]2)CC1. The molecule has 1 aliphatic rings. The number of likely N-dealkylation sites (tertiary alicyclic amines) is 1. The molecule has 0 saturated carbocycles. The third kappa shape index (κ3) is 3.11. The fourth-order valence-corrected chi connectivity index (χ4v) is 3.26. The Morgan fingerprint density at radius 3 is 2.88 bits per heavy atom. The van der Waals surface area contributed by atoms with Crippen LogP contribution in [0.4, 0.5) is 4.39 Å². The first-order chi connectivity index (χ1) is 12.1. The number of rotatable bonds is 3. The van der Waals surface area contributed by atoms with Gasteiger partial charge in [0.05, 0.1) is 17.5 Å². The van der Waals surface area contributed by atoms with Crippen LogP contribution in [0.1, 0.15) is 36.0 Å². The highest BCUT2D eigenvalue weighted by atomic mass is 19.1. The van der Waals surface area contributed by atoms with Crippen molar-refractivity contribution in [2.75, 3.05) is 13.1 Å². The zero-order valence-electron chi connectivity index (χ0n) is 13.8. The van der Waals surface area contributed by atoms with Crippen molar-refractivity contribution < 1.29 is 13.8 Å². The lowest BCUT2D eigenvalue weighted by Crippen LogP contribution is -2.39. The summed E-state index contributed by atoms with van der Waals surface area (Å²) in [4.78, 5) is 22.0. The number of fused-ring (bicyclic) bond motifs is 1. The van der Waals surface area contributed by atoms with Crippen LogP contribution in [-0.2, 0) is 11.2 Å². The number of benzene rings is 1. The average molecular weight is 343 g/mol. The zero-order chi connectivity index (χ0) is 17.4. The smallest absolute Gasteiger partial charge is 0.228 e. The van der Waals surface area contributed by atoms with E-state index in [1.165, 1.54) is 12.1 Å². The molecule has 130 valence electrons. The van der Waals surface area contributed by atoms with Crippen LogP contribution in [0.15, 0.2) is 22.8 Å². The first-order valence-corrected chi connectivity index (χ1v) is 8.31. The van der Waals surface area contributed by atoms with E-state index in [1.54, 1.807) is 13.0 Å². The molecular weight excluding hydrogens is 325 g/mol. The number of halogens is 1. The molecule has 1 fully saturated rings. The summed E-state index contributed by atoms with van der Waals surface area (Å²) in [6.45, 7) is 3.11. The van der Waals surface area contributed by atoms with Gasteiger partial charge in [-0.1, -0.05) is 10.3 Å². The van der Waals surface area contributed by atoms with Crippen LogP contribution in [0, 0.1) is 12.7 Å². The number of hydrogen-bond donors (Lipinski definition) is 1. The van der Waals surface area contributed by atoms with Crippen LogP contribution < -0.4 is 0 Å². The van der Waals surface area contributed by atoms with Gasteiger partial charge in [0, 0.05) is 19.0 Å². The number of piperidine rings is 1. The number of amides is 1. The maximum atomic E-state index is 13.3. The number of aromatic nitrogens is 4. The number of aromatic amines is 1. The number of nitrogens with zero attached hydrogens (tertiary/aromatic N) is 4. The standard InChI is InChI=1S/C17H18FN5O2/c1-10-14(22-25-21-10)9-16(24)23-6-4-11(5-7-23)17-19-13-3-2-12(18)8-15(13)20-17/h2-3,8,11H,4-7,9H2,1H3,(H,19,20). The molecule has 1 N–H and O–H groups in total. The van der Waals surface area contributed by atoms with E-state index in [0.29, 0.717) is 30.0 Å². The fourth-order valence-electron chi connectivity index (χ4n) is 3.26. The van der Waals surface area contributed by atoms with Crippen molar-refractivity contribution in [3.8, 4) is 0 Å². The third-order valence-corrected chi connectivity index (χ3v) is 4.76. The molecule has 1 aromatic carbocycles. The Bertz CT molecular complexity index is 911. The molecule has 8 heteroatoms. The van der Waals surface area contributed by atoms with E-state index in [0.717, 1.165) is 24.2 Å². The van der Waals surface area contributed by atoms with E-state index in [2.05, 4.69) is 24.9 Å². The van der Waals surface area contributed by atoms with Gasteiger partial charge in [-0.3, -0.25) is 4.79 Å². The highest BCUT2D eigenvalue weighted by Crippen LogP contribution is 2.28. The van der Waals surface area contributed by atoms with E-state index < -0.39 is 0 Å². The van der Waals surface area contributed by atoms with Crippen LogP contribution in [0.25, 0.3) is 11.0 Å². The van der Waals surface area contributed by atoms with Gasteiger partial charge < -0.3 is 9.88 Å². The van der Waals surface area contributed by atoms with Crippen LogP contribution >= 0.6 is 0 Å². The Kier molecular flexibility index (Phi) is 3.95. The molecular formula is C17H18FN5O2. The first kappa shape index (κ1) is 15.7. The molecule has 0 atom stereocenters. The number of nitrogens with one attached hydrogen (secondary N) is 1. The van der Waals surface area contributed by atoms with Crippen molar-refractivity contribution in [3.63, 3.8) is 0 Å². The molecule has 1 amide bonds. The quantitative estimate of drug-likeness (QED) is 0.789. The van der Waals surface area contributed by atoms with Gasteiger partial charge in [0.1, 0.15) is 23.0 Å². The van der Waals surface area contributed by atoms with Crippen LogP contribution in [0.5, 0.6) is 0 Å². The molecule has 3 aromatic rings. The van der Waals surface area contributed by atoms with E-state index in [4.69, 9.17) is 0 Å². The van der Waals surface area contributed by atoms with Gasteiger partial charge in [-0.25, -0.2) is 14.0 Å². The number of hydrogen-bond acceptors (Lipinski definition) is 5. The molecule has 4 rings (SSSR count). The first-order valence-electron chi connectivity index (χ1n) is 8.31. The molecule has 0 spiro atoms. The van der Waals surface area contributed by atoms with Crippen molar-refractivity contribution >= 4 is 16.9 Å². The summed E-state index contributed by atoms with van der Waals surface area (Å²) in [7, 11) is 0. The van der Waals surface area contributed by atoms with Crippen molar-refractivity contribution in [1.29, 1.82) is 0 Å². The fraction of sp³-hybridized carbons (Fsp3) is 0.412. The molecule has 0 unspecified atom stereocenters. The minimum Gasteiger partial charge on any atom is -0.342 e. The van der Waals surface area contributed by atoms with Gasteiger partial charge >= 0.3 is 0 Å². The van der Waals surface area contributed by atoms with Gasteiger partial charge in [0.25, 0.3) is 0 Å². The van der Waals surface area contributed by atoms with Crippen LogP contribution in [-0.4, -0.2) is 44.2 Å². The second-order valence-electron chi connectivity index (χ2n) is 6.41. The van der Waals surface area contributed by atoms with Gasteiger partial charge in [0.15, 0.2) is 0 Å². The maximum absolute atomic E-state index is 13.3. The molecule has 1 saturated heterocycles. The summed E-state index contributed by atoms with van der Waals surface area (Å²) in [6.07, 6.45) is 1.86. The van der Waals surface area contributed by atoms with Crippen molar-refractivity contribution in [2.45, 2.75) is 32.1 Å². The predicted molar refractivity (Wildman–Crippen MR) is 87.3 cm³/mol. The minimum atomic E-state index is -0.277. The molecule has 1 aliphatic heterocycles. The minimum absolute atomic E-state index is 0.0314. The molecule has 3 heterocycles. The molecule has 7 nitrogen and oxygen atoms in total. The summed E-state index contributed by atoms with van der Waals surface area (Å²) < 4.78 is 17.9. The van der Waals surface area contributed by atoms with E-state index in [1.807, 2.05) is 4.90 Å². The topological polar surface area (TPSA) is 87.9 Å². The zero-order valence-corrected chi connectivity index (χ0v) is 13.8. The highest BCUT2D eigenvalue weighted by Gasteiger charge is 2.26. The third-order valence-electron chi connectivity index (χ3n) is 4.76. The van der Waals surface area contributed by atoms with E-state index in [-0.39, 0.29) is 24.1 Å². The number of carbonyl (C=O) groups is 1. The lowest BCUT2D eigenvalue weighted by atomic mass is 9.96. The molecule has 0 aliphatic carbocycles. The largest absolute Gasteiger partial charge is 0.342 e. The van der Waals surface area contributed by atoms with Crippen molar-refractivity contribution in [1.82, 2.24) is 25.2 Å². The Morgan fingerprint density at radius 2 is 2.16 bits per heavy atom. The normalized spacial score (nSPS) is 15.8. The summed E-state index contributed by atoms with van der Waals surface area (Å²) in [6, 6.07) is 4.55. The molecule has 0 radical (unpaired) electrons. The number of imidazole rings is 1. The predicted octanol–water partition coefficient (Wildman–Crippen LogP) is 2.34. The Labute approximate surface area is 143 Å². The molecule has 25 heavy (non-hydrogen) atoms. The molecule has 2 aromatic heterocycles. The van der Waals surface area contributed by atoms with Gasteiger partial charge in [-0.2, -0.15) is 0 Å². The van der Waals surface area contributed by atoms with Crippen LogP contribution in [0.2, 0.25) is 0 Å². The lowest BCUT2D eigenvalue weighted by Gasteiger charge is -2.31. The highest BCUT2D eigenvalue weighted by molar-refractivity contribution is 5.78. The number of H-pyrrole nitrogens is 1. The summed E-state index contributed by atoms with van der Waals surface area (Å²) in [5, 5.41) is 7.46. The average Bonchev–Trinajstić information content (AvgIpc) is 3.21. The Balaban J connectivity index is 1.40. The van der Waals surface area contributed by atoms with Crippen molar-refractivity contribution in [3.05, 3.63) is 41.2 Å². The van der Waals surface area contributed by atoms with E-state index >= 15 is 0 Å². The summed E-state index contributed by atoms with van der Waals surface area (Å²) >= 11 is 0. The van der Waals surface area contributed by atoms with Gasteiger partial charge in [-0.15, -0.1) is 0 Å². The van der Waals surface area contributed by atoms with Crippen molar-refractivity contribution in [2.24, 2.45) is 0 Å². The van der Waals surface area contributed by atoms with Crippen LogP contribution in [0.3, 0.4) is 0 Å². The second kappa shape index (κ2) is 6.27. The van der Waals surface area contributed by atoms with Gasteiger partial charge in [-0.05, 0) is 38.0 Å². The maximum Gasteiger partial charge on any atom is 0.228 e. The Morgan fingerprint density at radius 1 is 1.36 bits per heavy atom. The lowest BCUT2D eigenvalue weighted by molar-refractivity contribution is -0.131. The Hall–Kier alpha value is -2.77. The number of carbonyl (C=O) groups excluding carboxylic acids is 1. The second-order valence-corrected chi connectivity index (χ2v) is 6.41. The monoisotopic (exact) mass is 343 g/mol.